The van der Waals surface area contributed by atoms with E-state index in [1.54, 1.807) is 18.2 Å². The number of rotatable bonds is 3. The van der Waals surface area contributed by atoms with Crippen LogP contribution in [0, 0.1) is 0 Å². The number of imide groups is 1. The molecular formula is C10H11N3O5S. The zero-order valence-electron chi connectivity index (χ0n) is 9.48. The van der Waals surface area contributed by atoms with Crippen molar-refractivity contribution in [3.05, 3.63) is 35.9 Å². The molecule has 0 aromatic heterocycles. The van der Waals surface area contributed by atoms with Crippen LogP contribution in [0.5, 0.6) is 0 Å². The van der Waals surface area contributed by atoms with Crippen molar-refractivity contribution >= 4 is 31.0 Å². The molecule has 0 saturated heterocycles. The van der Waals surface area contributed by atoms with Crippen molar-refractivity contribution < 1.29 is 24.6 Å². The molecule has 0 aliphatic carbocycles. The van der Waals surface area contributed by atoms with E-state index in [0.29, 0.717) is 5.56 Å². The van der Waals surface area contributed by atoms with E-state index in [1.807, 2.05) is 4.72 Å². The van der Waals surface area contributed by atoms with Gasteiger partial charge in [0.05, 0.1) is 0 Å². The quantitative estimate of drug-likeness (QED) is 0.426. The van der Waals surface area contributed by atoms with Gasteiger partial charge in [-0.15, -0.1) is 0 Å². The molecule has 1 atom stereocenters. The second-order valence-electron chi connectivity index (χ2n) is 3.33. The van der Waals surface area contributed by atoms with Gasteiger partial charge in [-0.05, 0) is 5.56 Å². The van der Waals surface area contributed by atoms with Crippen LogP contribution < -0.4 is 10.0 Å². The van der Waals surface area contributed by atoms with Crippen LogP contribution in [0.1, 0.15) is 11.7 Å². The molecule has 0 spiro atoms. The zero-order valence-corrected chi connectivity index (χ0v) is 10.4. The minimum atomic E-state index is -1.71. The Balaban J connectivity index is 3.14. The summed E-state index contributed by atoms with van der Waals surface area (Å²) in [5, 5.41) is 20.0. The van der Waals surface area contributed by atoms with Gasteiger partial charge in [0.2, 0.25) is 0 Å². The molecule has 1 aromatic rings. The van der Waals surface area contributed by atoms with Crippen LogP contribution in [-0.4, -0.2) is 33.3 Å². The third-order valence-electron chi connectivity index (χ3n) is 2.16. The molecule has 4 N–H and O–H groups in total. The summed E-state index contributed by atoms with van der Waals surface area (Å²) in [4.78, 5) is 33.3. The molecule has 0 saturated carbocycles. The highest BCUT2D eigenvalue weighted by molar-refractivity contribution is 7.78. The first kappa shape index (κ1) is 14.6. The van der Waals surface area contributed by atoms with Crippen molar-refractivity contribution in [1.29, 1.82) is 0 Å². The summed E-state index contributed by atoms with van der Waals surface area (Å²) in [5.41, 5.74) is 0.296. The standard InChI is InChI=1S/C10H11N3O5S/c14-8(12-19)11-7(6-4-2-1-3-5-6)13(9(15)16)10(17)18/h1-5,7,19H,(H,15,16)(H,17,18)(H2,11,12,14). The fraction of sp³-hybridized carbons (Fsp3) is 0.100. The van der Waals surface area contributed by atoms with Gasteiger partial charge in [0.15, 0.2) is 0 Å². The maximum atomic E-state index is 11.2. The highest BCUT2D eigenvalue weighted by Gasteiger charge is 2.31. The van der Waals surface area contributed by atoms with E-state index < -0.39 is 24.4 Å². The minimum absolute atomic E-state index is 0.0817. The largest absolute Gasteiger partial charge is 0.464 e. The molecule has 9 heteroatoms. The molecule has 102 valence electrons. The molecule has 1 aromatic carbocycles. The molecule has 19 heavy (non-hydrogen) atoms. The number of urea groups is 1. The maximum absolute atomic E-state index is 11.2. The van der Waals surface area contributed by atoms with Gasteiger partial charge in [-0.25, -0.2) is 14.4 Å². The molecule has 1 unspecified atom stereocenters. The van der Waals surface area contributed by atoms with Gasteiger partial charge in [-0.3, -0.25) is 4.72 Å². The minimum Gasteiger partial charge on any atom is -0.464 e. The van der Waals surface area contributed by atoms with Crippen LogP contribution in [0.2, 0.25) is 0 Å². The number of carbonyl (C=O) groups is 3. The molecule has 0 fully saturated rings. The van der Waals surface area contributed by atoms with Crippen molar-refractivity contribution in [2.24, 2.45) is 0 Å². The number of hydrogen-bond acceptors (Lipinski definition) is 4. The summed E-state index contributed by atoms with van der Waals surface area (Å²) in [6.07, 6.45) is -4.79. The lowest BCUT2D eigenvalue weighted by Crippen LogP contribution is -2.48. The van der Waals surface area contributed by atoms with Crippen molar-refractivity contribution in [2.75, 3.05) is 0 Å². The predicted molar refractivity (Wildman–Crippen MR) is 67.7 cm³/mol. The first-order valence-corrected chi connectivity index (χ1v) is 5.42. The summed E-state index contributed by atoms with van der Waals surface area (Å²) < 4.78 is 1.93. The van der Waals surface area contributed by atoms with Crippen molar-refractivity contribution in [3.63, 3.8) is 0 Å². The number of carboxylic acid groups (broad SMARTS) is 2. The molecule has 0 bridgehead atoms. The Morgan fingerprint density at radius 3 is 2.05 bits per heavy atom. The van der Waals surface area contributed by atoms with Crippen molar-refractivity contribution in [2.45, 2.75) is 6.17 Å². The first-order valence-electron chi connectivity index (χ1n) is 4.98. The lowest BCUT2D eigenvalue weighted by Gasteiger charge is -2.26. The van der Waals surface area contributed by atoms with Crippen molar-refractivity contribution in [1.82, 2.24) is 14.9 Å². The van der Waals surface area contributed by atoms with Gasteiger partial charge in [0.1, 0.15) is 6.17 Å². The third kappa shape index (κ3) is 3.78. The van der Waals surface area contributed by atoms with E-state index in [9.17, 15) is 14.4 Å². The number of amides is 4. The topological polar surface area (TPSA) is 119 Å². The molecule has 4 amide bonds. The smallest absolute Gasteiger partial charge is 0.418 e. The summed E-state index contributed by atoms with van der Waals surface area (Å²) in [5.74, 6) is 0. The molecule has 0 aliphatic heterocycles. The van der Waals surface area contributed by atoms with E-state index in [4.69, 9.17) is 10.2 Å². The number of hydrogen-bond donors (Lipinski definition) is 5. The van der Waals surface area contributed by atoms with Crippen LogP contribution >= 0.6 is 12.8 Å². The van der Waals surface area contributed by atoms with Crippen LogP contribution in [0.4, 0.5) is 14.4 Å². The maximum Gasteiger partial charge on any atom is 0.418 e. The Morgan fingerprint density at radius 2 is 1.63 bits per heavy atom. The fourth-order valence-corrected chi connectivity index (χ4v) is 1.46. The summed E-state index contributed by atoms with van der Waals surface area (Å²) >= 11 is 3.50. The van der Waals surface area contributed by atoms with E-state index in [1.165, 1.54) is 12.1 Å². The number of carbonyl (C=O) groups excluding carboxylic acids is 1. The van der Waals surface area contributed by atoms with Crippen LogP contribution in [-0.2, 0) is 0 Å². The average Bonchev–Trinajstić information content (AvgIpc) is 2.37. The Kier molecular flexibility index (Phi) is 5.01. The van der Waals surface area contributed by atoms with E-state index in [-0.39, 0.29) is 4.90 Å². The Morgan fingerprint density at radius 1 is 1.11 bits per heavy atom. The summed E-state index contributed by atoms with van der Waals surface area (Å²) in [7, 11) is 0. The number of nitrogens with one attached hydrogen (secondary N) is 2. The van der Waals surface area contributed by atoms with Gasteiger partial charge in [-0.1, -0.05) is 43.1 Å². The summed E-state index contributed by atoms with van der Waals surface area (Å²) in [6, 6.07) is 7.00. The predicted octanol–water partition coefficient (Wildman–Crippen LogP) is 1.49. The van der Waals surface area contributed by atoms with Crippen molar-refractivity contribution in [3.8, 4) is 0 Å². The Bertz CT molecular complexity index is 467. The zero-order chi connectivity index (χ0) is 14.4. The second-order valence-corrected chi connectivity index (χ2v) is 3.56. The number of nitrogens with zero attached hydrogens (tertiary/aromatic N) is 1. The van der Waals surface area contributed by atoms with Crippen LogP contribution in [0.25, 0.3) is 0 Å². The van der Waals surface area contributed by atoms with E-state index >= 15 is 0 Å². The van der Waals surface area contributed by atoms with Gasteiger partial charge in [0.25, 0.3) is 0 Å². The second kappa shape index (κ2) is 6.50. The number of benzene rings is 1. The molecule has 0 heterocycles. The van der Waals surface area contributed by atoms with E-state index in [2.05, 4.69) is 18.1 Å². The lowest BCUT2D eigenvalue weighted by molar-refractivity contribution is 0.100. The molecular weight excluding hydrogens is 274 g/mol. The van der Waals surface area contributed by atoms with Crippen LogP contribution in [0.15, 0.2) is 30.3 Å². The monoisotopic (exact) mass is 285 g/mol. The highest BCUT2D eigenvalue weighted by atomic mass is 32.1. The lowest BCUT2D eigenvalue weighted by atomic mass is 10.1. The van der Waals surface area contributed by atoms with Gasteiger partial charge >= 0.3 is 18.2 Å². The van der Waals surface area contributed by atoms with Gasteiger partial charge in [-0.2, -0.15) is 4.90 Å². The SMILES string of the molecule is O=C(NS)NC(c1ccccc1)N(C(=O)O)C(=O)O. The molecule has 0 aliphatic rings. The summed E-state index contributed by atoms with van der Waals surface area (Å²) in [6.45, 7) is 0. The number of thiol groups is 1. The molecule has 0 radical (unpaired) electrons. The van der Waals surface area contributed by atoms with Gasteiger partial charge < -0.3 is 15.5 Å². The Hall–Kier alpha value is -2.42. The van der Waals surface area contributed by atoms with E-state index in [0.717, 1.165) is 0 Å². The average molecular weight is 285 g/mol. The molecule has 1 rings (SSSR count). The highest BCUT2D eigenvalue weighted by Crippen LogP contribution is 2.18. The van der Waals surface area contributed by atoms with Crippen LogP contribution in [0.3, 0.4) is 0 Å². The molecule has 8 nitrogen and oxygen atoms in total. The third-order valence-corrected chi connectivity index (χ3v) is 2.36. The fourth-order valence-electron chi connectivity index (χ4n) is 1.39. The Labute approximate surface area is 113 Å². The normalized spacial score (nSPS) is 11.2. The first-order chi connectivity index (χ1) is 8.97. The van der Waals surface area contributed by atoms with Gasteiger partial charge in [0, 0.05) is 0 Å².